The fraction of sp³-hybridized carbons (Fsp3) is 0.235. The van der Waals surface area contributed by atoms with Crippen molar-refractivity contribution in [3.8, 4) is 5.75 Å². The van der Waals surface area contributed by atoms with E-state index in [0.29, 0.717) is 5.56 Å². The largest absolute Gasteiger partial charge is 0.507 e. The van der Waals surface area contributed by atoms with Crippen molar-refractivity contribution in [1.82, 2.24) is 0 Å². The molecule has 2 aromatic rings. The van der Waals surface area contributed by atoms with Gasteiger partial charge in [0.15, 0.2) is 0 Å². The molecule has 0 bridgehead atoms. The number of nitro benzene ring substituents is 1. The number of hydrogen-bond donors (Lipinski definition) is 1. The molecule has 22 heavy (non-hydrogen) atoms. The second-order valence-corrected chi connectivity index (χ2v) is 6.06. The molecule has 0 radical (unpaired) electrons. The summed E-state index contributed by atoms with van der Waals surface area (Å²) in [5.41, 5.74) is 2.22. The third-order valence-corrected chi connectivity index (χ3v) is 3.31. The molecule has 0 atom stereocenters. The zero-order chi connectivity index (χ0) is 16.3. The maximum absolute atomic E-state index is 10.7. The van der Waals surface area contributed by atoms with Gasteiger partial charge in [0, 0.05) is 23.9 Å². The zero-order valence-electron chi connectivity index (χ0n) is 12.8. The van der Waals surface area contributed by atoms with E-state index < -0.39 is 4.92 Å². The van der Waals surface area contributed by atoms with E-state index in [2.05, 4.69) is 25.8 Å². The van der Waals surface area contributed by atoms with Crippen LogP contribution in [0.4, 0.5) is 11.4 Å². The molecule has 0 aliphatic carbocycles. The molecule has 0 amide bonds. The second kappa shape index (κ2) is 5.97. The highest BCUT2D eigenvalue weighted by Gasteiger charge is 2.12. The van der Waals surface area contributed by atoms with Crippen molar-refractivity contribution in [2.75, 3.05) is 0 Å². The molecule has 5 nitrogen and oxygen atoms in total. The average molecular weight is 298 g/mol. The lowest BCUT2D eigenvalue weighted by molar-refractivity contribution is -0.384. The monoisotopic (exact) mass is 298 g/mol. The van der Waals surface area contributed by atoms with E-state index in [1.807, 2.05) is 24.3 Å². The molecule has 0 saturated heterocycles. The predicted octanol–water partition coefficient (Wildman–Crippen LogP) is 4.35. The Kier molecular flexibility index (Phi) is 4.26. The number of benzene rings is 2. The standard InChI is InChI=1S/C17H18N2O3/c1-17(2,3)13-4-6-14(7-5-13)18-11-12-10-15(19(21)22)8-9-16(12)20/h4-11,20H,1-3H3/b18-11+. The summed E-state index contributed by atoms with van der Waals surface area (Å²) in [4.78, 5) is 14.5. The molecule has 0 unspecified atom stereocenters. The Balaban J connectivity index is 2.25. The van der Waals surface area contributed by atoms with Crippen LogP contribution < -0.4 is 0 Å². The van der Waals surface area contributed by atoms with E-state index >= 15 is 0 Å². The fourth-order valence-electron chi connectivity index (χ4n) is 1.95. The summed E-state index contributed by atoms with van der Waals surface area (Å²) in [6, 6.07) is 11.6. The molecule has 2 aromatic carbocycles. The molecule has 0 spiro atoms. The number of nitrogens with zero attached hydrogens (tertiary/aromatic N) is 2. The van der Waals surface area contributed by atoms with Crippen molar-refractivity contribution in [3.05, 3.63) is 63.7 Å². The van der Waals surface area contributed by atoms with Crippen LogP contribution in [-0.4, -0.2) is 16.2 Å². The normalized spacial score (nSPS) is 11.8. The number of aliphatic imine (C=N–C) groups is 1. The van der Waals surface area contributed by atoms with Gasteiger partial charge in [0.1, 0.15) is 5.75 Å². The number of hydrogen-bond acceptors (Lipinski definition) is 4. The van der Waals surface area contributed by atoms with E-state index in [9.17, 15) is 15.2 Å². The number of rotatable bonds is 3. The third kappa shape index (κ3) is 3.69. The van der Waals surface area contributed by atoms with Crippen LogP contribution >= 0.6 is 0 Å². The van der Waals surface area contributed by atoms with Crippen molar-refractivity contribution in [3.63, 3.8) is 0 Å². The third-order valence-electron chi connectivity index (χ3n) is 3.31. The summed E-state index contributed by atoms with van der Waals surface area (Å²) in [7, 11) is 0. The molecule has 0 aromatic heterocycles. The van der Waals surface area contributed by atoms with Crippen molar-refractivity contribution < 1.29 is 10.0 Å². The number of aromatic hydroxyl groups is 1. The van der Waals surface area contributed by atoms with Crippen molar-refractivity contribution in [2.24, 2.45) is 4.99 Å². The molecular weight excluding hydrogens is 280 g/mol. The Bertz CT molecular complexity index is 714. The first-order valence-electron chi connectivity index (χ1n) is 6.89. The van der Waals surface area contributed by atoms with Crippen LogP contribution in [0.5, 0.6) is 5.75 Å². The summed E-state index contributed by atoms with van der Waals surface area (Å²) in [5.74, 6) is -0.0411. The summed E-state index contributed by atoms with van der Waals surface area (Å²) < 4.78 is 0. The highest BCUT2D eigenvalue weighted by molar-refractivity contribution is 5.86. The van der Waals surface area contributed by atoms with Gasteiger partial charge in [-0.05, 0) is 29.2 Å². The average Bonchev–Trinajstić information content (AvgIpc) is 2.45. The molecule has 1 N–H and O–H groups in total. The molecule has 0 saturated carbocycles. The van der Waals surface area contributed by atoms with Crippen molar-refractivity contribution in [2.45, 2.75) is 26.2 Å². The Morgan fingerprint density at radius 1 is 1.14 bits per heavy atom. The number of non-ortho nitro benzene ring substituents is 1. The molecule has 0 fully saturated rings. The molecule has 0 aliphatic heterocycles. The molecule has 5 heteroatoms. The molecule has 2 rings (SSSR count). The SMILES string of the molecule is CC(C)(C)c1ccc(/N=C/c2cc([N+](=O)[O-])ccc2O)cc1. The first kappa shape index (κ1) is 15.7. The number of phenols is 1. The molecule has 0 heterocycles. The van der Waals surface area contributed by atoms with Gasteiger partial charge in [0.2, 0.25) is 0 Å². The van der Waals surface area contributed by atoms with Gasteiger partial charge in [-0.15, -0.1) is 0 Å². The van der Waals surface area contributed by atoms with Gasteiger partial charge in [-0.1, -0.05) is 32.9 Å². The number of phenolic OH excluding ortho intramolecular Hbond substituents is 1. The lowest BCUT2D eigenvalue weighted by Crippen LogP contribution is -2.10. The Hall–Kier alpha value is -2.69. The van der Waals surface area contributed by atoms with Crippen molar-refractivity contribution >= 4 is 17.6 Å². The smallest absolute Gasteiger partial charge is 0.270 e. The first-order chi connectivity index (χ1) is 10.3. The summed E-state index contributed by atoms with van der Waals surface area (Å²) >= 11 is 0. The number of nitro groups is 1. The minimum Gasteiger partial charge on any atom is -0.507 e. The van der Waals surface area contributed by atoms with Gasteiger partial charge in [0.05, 0.1) is 10.6 Å². The summed E-state index contributed by atoms with van der Waals surface area (Å²) in [6.45, 7) is 6.39. The molecule has 0 aliphatic rings. The van der Waals surface area contributed by atoms with Gasteiger partial charge >= 0.3 is 0 Å². The quantitative estimate of drug-likeness (QED) is 0.520. The fourth-order valence-corrected chi connectivity index (χ4v) is 1.95. The Morgan fingerprint density at radius 2 is 1.77 bits per heavy atom. The van der Waals surface area contributed by atoms with Crippen LogP contribution in [0.3, 0.4) is 0 Å². The Labute approximate surface area is 129 Å². The molecular formula is C17H18N2O3. The van der Waals surface area contributed by atoms with Gasteiger partial charge in [0.25, 0.3) is 5.69 Å². The van der Waals surface area contributed by atoms with Gasteiger partial charge in [-0.2, -0.15) is 0 Å². The minimum atomic E-state index is -0.505. The Morgan fingerprint density at radius 3 is 2.32 bits per heavy atom. The maximum Gasteiger partial charge on any atom is 0.270 e. The summed E-state index contributed by atoms with van der Waals surface area (Å²) in [6.07, 6.45) is 1.43. The van der Waals surface area contributed by atoms with Gasteiger partial charge < -0.3 is 5.11 Å². The molecule has 114 valence electrons. The highest BCUT2D eigenvalue weighted by Crippen LogP contribution is 2.25. The van der Waals surface area contributed by atoms with Crippen LogP contribution in [0.1, 0.15) is 31.9 Å². The van der Waals surface area contributed by atoms with Gasteiger partial charge in [-0.25, -0.2) is 0 Å². The van der Waals surface area contributed by atoms with Crippen LogP contribution in [0.2, 0.25) is 0 Å². The van der Waals surface area contributed by atoms with Crippen LogP contribution in [0.25, 0.3) is 0 Å². The summed E-state index contributed by atoms with van der Waals surface area (Å²) in [5, 5.41) is 20.5. The lowest BCUT2D eigenvalue weighted by Gasteiger charge is -2.18. The highest BCUT2D eigenvalue weighted by atomic mass is 16.6. The van der Waals surface area contributed by atoms with E-state index in [4.69, 9.17) is 0 Å². The van der Waals surface area contributed by atoms with Crippen molar-refractivity contribution in [1.29, 1.82) is 0 Å². The predicted molar refractivity (Wildman–Crippen MR) is 87.2 cm³/mol. The zero-order valence-corrected chi connectivity index (χ0v) is 12.8. The van der Waals surface area contributed by atoms with Crippen LogP contribution in [0.15, 0.2) is 47.5 Å². The van der Waals surface area contributed by atoms with E-state index in [1.165, 1.54) is 30.0 Å². The van der Waals surface area contributed by atoms with Gasteiger partial charge in [-0.3, -0.25) is 15.1 Å². The second-order valence-electron chi connectivity index (χ2n) is 6.06. The van der Waals surface area contributed by atoms with Crippen LogP contribution in [-0.2, 0) is 5.41 Å². The topological polar surface area (TPSA) is 75.7 Å². The first-order valence-corrected chi connectivity index (χ1v) is 6.89. The van der Waals surface area contributed by atoms with E-state index in [1.54, 1.807) is 0 Å². The van der Waals surface area contributed by atoms with E-state index in [0.717, 1.165) is 5.69 Å². The maximum atomic E-state index is 10.7. The van der Waals surface area contributed by atoms with Crippen LogP contribution in [0, 0.1) is 10.1 Å². The minimum absolute atomic E-state index is 0.0411. The lowest BCUT2D eigenvalue weighted by atomic mass is 9.87. The van der Waals surface area contributed by atoms with E-state index in [-0.39, 0.29) is 16.9 Å².